The van der Waals surface area contributed by atoms with Crippen molar-refractivity contribution in [1.82, 2.24) is 0 Å². The Morgan fingerprint density at radius 1 is 0.452 bits per heavy atom. The summed E-state index contributed by atoms with van der Waals surface area (Å²) in [6.07, 6.45) is -16.6. The van der Waals surface area contributed by atoms with Gasteiger partial charge in [0.1, 0.15) is 0 Å². The van der Waals surface area contributed by atoms with E-state index < -0.39 is 72.5 Å². The minimum atomic E-state index is -4.72. The van der Waals surface area contributed by atoms with Gasteiger partial charge in [0.15, 0.2) is 19.3 Å². The molecule has 0 aliphatic carbocycles. The monoisotopic (exact) mass is 570 g/mol. The Morgan fingerprint density at radius 3 is 0.613 bits per heavy atom. The van der Waals surface area contributed by atoms with Gasteiger partial charge in [-0.2, -0.15) is 39.5 Å². The predicted octanol–water partition coefficient (Wildman–Crippen LogP) is 3.14. The van der Waals surface area contributed by atoms with Crippen molar-refractivity contribution in [2.24, 2.45) is 0 Å². The number of ketones is 6. The molecule has 0 heterocycles. The van der Waals surface area contributed by atoms with Crippen LogP contribution in [0.15, 0.2) is 0 Å². The second-order valence-electron chi connectivity index (χ2n) is 5.57. The Kier molecular flexibility index (Phi) is 17.5. The van der Waals surface area contributed by atoms with Gasteiger partial charge >= 0.3 is 53.2 Å². The molecule has 0 aromatic carbocycles. The molecule has 16 heteroatoms. The Balaban J connectivity index is -0.000000174. The quantitative estimate of drug-likeness (QED) is 0.202. The smallest absolute Gasteiger partial charge is 0.283 e. The van der Waals surface area contributed by atoms with Crippen LogP contribution in [0, 0.1) is 0 Å². The molecule has 0 aliphatic rings. The first-order chi connectivity index (χ1) is 13.0. The van der Waals surface area contributed by atoms with E-state index in [1.54, 1.807) is 0 Å². The molecule has 0 aromatic rings. The average Bonchev–Trinajstić information content (AvgIpc) is 2.43. The zero-order valence-corrected chi connectivity index (χ0v) is 17.8. The molecule has 182 valence electrons. The summed E-state index contributed by atoms with van der Waals surface area (Å²) < 4.78 is 103. The largest absolute Gasteiger partial charge is 0.505 e. The Bertz CT molecular complexity index is 573. The van der Waals surface area contributed by atoms with Gasteiger partial charge in [-0.1, -0.05) is 0 Å². The molecule has 0 unspecified atom stereocenters. The summed E-state index contributed by atoms with van der Waals surface area (Å²) in [6.45, 7) is 3.26. The van der Waals surface area contributed by atoms with E-state index in [2.05, 4.69) is 0 Å². The number of alkyl halides is 9. The maximum atomic E-state index is 11.4. The average molecular weight is 569 g/mol. The van der Waals surface area contributed by atoms with Gasteiger partial charge in [-0.3, -0.25) is 28.8 Å². The first-order valence-corrected chi connectivity index (χ1v) is 7.41. The first kappa shape index (κ1) is 36.4. The van der Waals surface area contributed by atoms with Crippen LogP contribution in [0.3, 0.4) is 0 Å². The molecule has 6 nitrogen and oxygen atoms in total. The minimum Gasteiger partial charge on any atom is -0.283 e. The zero-order chi connectivity index (χ0) is 25.1. The summed E-state index contributed by atoms with van der Waals surface area (Å²) >= 11 is 0. The molecule has 0 radical (unpaired) electrons. The van der Waals surface area contributed by atoms with Gasteiger partial charge < -0.3 is 0 Å². The molecule has 0 fully saturated rings. The number of rotatable bonds is 6. The summed E-state index contributed by atoms with van der Waals surface area (Å²) in [6, 6.07) is 0. The van der Waals surface area contributed by atoms with E-state index in [1.165, 1.54) is 0 Å². The van der Waals surface area contributed by atoms with Gasteiger partial charge in [0.05, 0.1) is 0 Å². The van der Waals surface area contributed by atoms with E-state index in [4.69, 9.17) is 28.8 Å². The fraction of sp³-hybridized carbons (Fsp3) is 0.600. The third-order valence-electron chi connectivity index (χ3n) is 2.25. The summed E-state index contributed by atoms with van der Waals surface area (Å²) in [5, 5.41) is 0. The van der Waals surface area contributed by atoms with Crippen LogP contribution in [0.1, 0.15) is 40.0 Å². The third kappa shape index (κ3) is 24.2. The molecule has 0 aliphatic heterocycles. The fourth-order valence-corrected chi connectivity index (χ4v) is 1.03. The Morgan fingerprint density at radius 2 is 0.581 bits per heavy atom. The van der Waals surface area contributed by atoms with Crippen molar-refractivity contribution in [2.45, 2.75) is 58.6 Å². The Hall–Kier alpha value is -1.99. The van der Waals surface area contributed by atoms with Crippen LogP contribution >= 0.6 is 0 Å². The van der Waals surface area contributed by atoms with Crippen LogP contribution in [0.5, 0.6) is 0 Å². The van der Waals surface area contributed by atoms with Crippen molar-refractivity contribution in [3.8, 4) is 0 Å². The number of hydrogen-bond donors (Lipinski definition) is 0. The molecular formula is C15H21F9O6Ru+6. The van der Waals surface area contributed by atoms with Gasteiger partial charge in [-0.05, 0) is 0 Å². The van der Waals surface area contributed by atoms with E-state index in [9.17, 15) is 39.5 Å². The molecule has 0 aromatic heterocycles. The molecule has 31 heavy (non-hydrogen) atoms. The van der Waals surface area contributed by atoms with Gasteiger partial charge in [0.25, 0.3) is 0 Å². The summed E-state index contributed by atoms with van der Waals surface area (Å²) in [7, 11) is 0. The molecule has 0 saturated heterocycles. The molecule has 0 bridgehead atoms. The number of carbonyl (C=O) groups excluding carboxylic acids is 6. The van der Waals surface area contributed by atoms with Crippen molar-refractivity contribution < 1.29 is 87.8 Å². The van der Waals surface area contributed by atoms with Crippen molar-refractivity contribution in [3.63, 3.8) is 0 Å². The molecule has 0 saturated carbocycles. The van der Waals surface area contributed by atoms with Crippen LogP contribution in [0.2, 0.25) is 0 Å². The van der Waals surface area contributed by atoms with Crippen molar-refractivity contribution in [3.05, 3.63) is 0 Å². The van der Waals surface area contributed by atoms with Gasteiger partial charge in [0.2, 0.25) is 0 Å². The number of hydrogen-bond acceptors (Lipinski definition) is 0. The molecule has 0 atom stereocenters. The zero-order valence-electron chi connectivity index (χ0n) is 16.1. The van der Waals surface area contributed by atoms with Crippen LogP contribution in [0.25, 0.3) is 0 Å². The van der Waals surface area contributed by atoms with E-state index >= 15 is 0 Å². The van der Waals surface area contributed by atoms with Gasteiger partial charge in [-0.25, -0.2) is 0 Å². The SMILES string of the molecule is CC(=[OH+])CC(=[OH+])C(F)(F)F.CC(=[OH+])CC(=[OH+])C(F)(F)F.CC(=[OH+])CC(=[OH+])C(F)(F)F.[Ru]. The maximum Gasteiger partial charge on any atom is 0.505 e. The molecule has 0 spiro atoms. The van der Waals surface area contributed by atoms with E-state index in [-0.39, 0.29) is 19.5 Å². The summed E-state index contributed by atoms with van der Waals surface area (Å²) in [4.78, 5) is 49.5. The first-order valence-electron chi connectivity index (χ1n) is 7.41. The number of halogens is 9. The van der Waals surface area contributed by atoms with E-state index in [0.717, 1.165) is 20.8 Å². The minimum absolute atomic E-state index is 0. The maximum absolute atomic E-state index is 11.4. The second kappa shape index (κ2) is 14.9. The normalized spacial score (nSPS) is 10.8. The van der Waals surface area contributed by atoms with Crippen LogP contribution in [0.4, 0.5) is 39.5 Å². The molecule has 0 amide bonds. The van der Waals surface area contributed by atoms with Gasteiger partial charge in [0, 0.05) is 40.2 Å². The van der Waals surface area contributed by atoms with Crippen molar-refractivity contribution in [1.29, 1.82) is 0 Å². The predicted molar refractivity (Wildman–Crippen MR) is 90.7 cm³/mol. The van der Waals surface area contributed by atoms with Gasteiger partial charge in [-0.15, -0.1) is 0 Å². The molecular weight excluding hydrogens is 548 g/mol. The Labute approximate surface area is 181 Å². The topological polar surface area (TPSA) is 128 Å². The fourth-order valence-electron chi connectivity index (χ4n) is 1.03. The van der Waals surface area contributed by atoms with E-state index in [0.29, 0.717) is 0 Å². The van der Waals surface area contributed by atoms with E-state index in [1.807, 2.05) is 0 Å². The van der Waals surface area contributed by atoms with Crippen molar-refractivity contribution in [2.75, 3.05) is 0 Å². The van der Waals surface area contributed by atoms with Crippen LogP contribution in [-0.2, 0) is 19.5 Å². The second-order valence-corrected chi connectivity index (χ2v) is 5.57. The molecule has 6 N–H and O–H groups in total. The molecule has 0 rings (SSSR count). The standard InChI is InChI=1S/3C5H5F3O2.Ru/c3*1-3(9)2-4(10)5(6,7)8;/h3*2H2,1H3;/p+6. The van der Waals surface area contributed by atoms with Crippen LogP contribution < -0.4 is 0 Å². The summed E-state index contributed by atoms with van der Waals surface area (Å²) in [5.41, 5.74) is 0. The van der Waals surface area contributed by atoms with Crippen molar-refractivity contribution >= 4 is 34.7 Å². The third-order valence-corrected chi connectivity index (χ3v) is 2.25. The summed E-state index contributed by atoms with van der Waals surface area (Å²) in [5.74, 6) is -6.41. The van der Waals surface area contributed by atoms with Crippen LogP contribution in [-0.4, -0.2) is 82.0 Å².